The number of rotatable bonds is 0. The summed E-state index contributed by atoms with van der Waals surface area (Å²) in [4.78, 5) is 12.0. The molecule has 3 heteroatoms. The van der Waals surface area contributed by atoms with Crippen molar-refractivity contribution < 1.29 is 14.6 Å². The molecule has 3 nitrogen and oxygen atoms in total. The molecule has 2 aliphatic carbocycles. The van der Waals surface area contributed by atoms with Crippen LogP contribution in [0.15, 0.2) is 11.6 Å². The Bertz CT molecular complexity index is 414. The normalized spacial score (nSPS) is 51.2. The van der Waals surface area contributed by atoms with E-state index >= 15 is 0 Å². The Morgan fingerprint density at radius 3 is 2.83 bits per heavy atom. The lowest BCUT2D eigenvalue weighted by molar-refractivity contribution is -0.241. The van der Waals surface area contributed by atoms with Gasteiger partial charge in [0.05, 0.1) is 5.92 Å². The first-order chi connectivity index (χ1) is 8.46. The van der Waals surface area contributed by atoms with Crippen LogP contribution in [0.3, 0.4) is 0 Å². The molecule has 1 saturated carbocycles. The quantitative estimate of drug-likeness (QED) is 0.530. The molecule has 0 aromatic rings. The maximum absolute atomic E-state index is 12.0. The predicted octanol–water partition coefficient (Wildman–Crippen LogP) is 2.29. The number of aliphatic hydroxyl groups is 1. The van der Waals surface area contributed by atoms with Gasteiger partial charge >= 0.3 is 5.97 Å². The summed E-state index contributed by atoms with van der Waals surface area (Å²) in [6, 6.07) is 0. The fourth-order valence-electron chi connectivity index (χ4n) is 4.38. The lowest BCUT2D eigenvalue weighted by atomic mass is 9.55. The molecule has 1 aliphatic heterocycles. The van der Waals surface area contributed by atoms with Crippen molar-refractivity contribution in [3.63, 3.8) is 0 Å². The second kappa shape index (κ2) is 3.83. The van der Waals surface area contributed by atoms with E-state index in [9.17, 15) is 9.90 Å². The van der Waals surface area contributed by atoms with E-state index in [0.29, 0.717) is 0 Å². The number of ether oxygens (including phenoxy) is 1. The molecule has 2 fully saturated rings. The van der Waals surface area contributed by atoms with Crippen molar-refractivity contribution in [1.29, 1.82) is 0 Å². The van der Waals surface area contributed by atoms with Crippen LogP contribution in [0.2, 0.25) is 0 Å². The zero-order chi connectivity index (χ0) is 13.1. The Kier molecular flexibility index (Phi) is 2.60. The minimum atomic E-state index is -0.830. The number of allylic oxidation sites excluding steroid dienone is 1. The second-order valence-electron chi connectivity index (χ2n) is 6.43. The van der Waals surface area contributed by atoms with Crippen molar-refractivity contribution in [2.75, 3.05) is 0 Å². The lowest BCUT2D eigenvalue weighted by Crippen LogP contribution is -2.67. The molecule has 1 heterocycles. The molecule has 3 aliphatic rings. The van der Waals surface area contributed by atoms with Crippen LogP contribution in [0.1, 0.15) is 40.0 Å². The molecule has 0 unspecified atom stereocenters. The van der Waals surface area contributed by atoms with Gasteiger partial charge in [0.2, 0.25) is 0 Å². The van der Waals surface area contributed by atoms with E-state index in [-0.39, 0.29) is 35.7 Å². The average molecular weight is 250 g/mol. The van der Waals surface area contributed by atoms with Gasteiger partial charge in [0.25, 0.3) is 0 Å². The third-order valence-corrected chi connectivity index (χ3v) is 5.50. The molecular weight excluding hydrogens is 228 g/mol. The highest BCUT2D eigenvalue weighted by molar-refractivity contribution is 5.74. The molecule has 0 amide bonds. The van der Waals surface area contributed by atoms with E-state index in [4.69, 9.17) is 4.74 Å². The minimum absolute atomic E-state index is 0.0280. The maximum atomic E-state index is 12.0. The Hall–Kier alpha value is -0.830. The highest BCUT2D eigenvalue weighted by Crippen LogP contribution is 2.54. The van der Waals surface area contributed by atoms with Crippen molar-refractivity contribution >= 4 is 5.97 Å². The number of carbonyl (C=O) groups excluding carboxylic acids is 1. The van der Waals surface area contributed by atoms with Crippen molar-refractivity contribution in [1.82, 2.24) is 0 Å². The molecule has 0 aromatic carbocycles. The zero-order valence-corrected chi connectivity index (χ0v) is 11.3. The summed E-state index contributed by atoms with van der Waals surface area (Å²) in [6.07, 6.45) is 4.74. The molecule has 1 saturated heterocycles. The molecule has 3 rings (SSSR count). The Balaban J connectivity index is 2.09. The van der Waals surface area contributed by atoms with E-state index in [1.165, 1.54) is 5.57 Å². The molecule has 0 aromatic heterocycles. The van der Waals surface area contributed by atoms with Crippen LogP contribution in [0.5, 0.6) is 0 Å². The number of hydrogen-bond acceptors (Lipinski definition) is 3. The van der Waals surface area contributed by atoms with Crippen molar-refractivity contribution in [3.8, 4) is 0 Å². The van der Waals surface area contributed by atoms with Crippen molar-refractivity contribution in [3.05, 3.63) is 11.6 Å². The Morgan fingerprint density at radius 2 is 2.11 bits per heavy atom. The van der Waals surface area contributed by atoms with E-state index in [1.807, 2.05) is 6.92 Å². The molecule has 0 spiro atoms. The topological polar surface area (TPSA) is 46.5 Å². The number of esters is 1. The largest absolute Gasteiger partial charge is 0.459 e. The van der Waals surface area contributed by atoms with Gasteiger partial charge in [0, 0.05) is 11.8 Å². The summed E-state index contributed by atoms with van der Waals surface area (Å²) in [7, 11) is 0. The summed E-state index contributed by atoms with van der Waals surface area (Å²) >= 11 is 0. The van der Waals surface area contributed by atoms with Gasteiger partial charge in [0.1, 0.15) is 11.7 Å². The van der Waals surface area contributed by atoms with E-state index in [1.54, 1.807) is 0 Å². The fraction of sp³-hybridized carbons (Fsp3) is 0.800. The first-order valence-electron chi connectivity index (χ1n) is 7.05. The van der Waals surface area contributed by atoms with Gasteiger partial charge in [-0.25, -0.2) is 0 Å². The van der Waals surface area contributed by atoms with Crippen LogP contribution in [0.4, 0.5) is 0 Å². The monoisotopic (exact) mass is 250 g/mol. The first kappa shape index (κ1) is 12.2. The Labute approximate surface area is 108 Å². The molecule has 1 N–H and O–H groups in total. The number of carbonyl (C=O) groups is 1. The fourth-order valence-corrected chi connectivity index (χ4v) is 4.38. The van der Waals surface area contributed by atoms with E-state index in [0.717, 1.165) is 19.3 Å². The summed E-state index contributed by atoms with van der Waals surface area (Å²) in [5, 5.41) is 11.3. The summed E-state index contributed by atoms with van der Waals surface area (Å²) in [5.74, 6) is 0.142. The third-order valence-electron chi connectivity index (χ3n) is 5.50. The van der Waals surface area contributed by atoms with Crippen LogP contribution >= 0.6 is 0 Å². The standard InChI is InChI=1S/C15H22O3/c1-8-4-7-12-10(3)14(16)18-13-9(2)5-6-11(8)15(12,13)17/h4,9-13,17H,5-7H2,1-3H3/t9-,10+,11+,12+,13-,15-/m1/s1. The Morgan fingerprint density at radius 1 is 1.39 bits per heavy atom. The number of hydrogen-bond donors (Lipinski definition) is 1. The predicted molar refractivity (Wildman–Crippen MR) is 67.7 cm³/mol. The van der Waals surface area contributed by atoms with E-state index < -0.39 is 5.60 Å². The lowest BCUT2D eigenvalue weighted by Gasteiger charge is -2.57. The molecule has 18 heavy (non-hydrogen) atoms. The second-order valence-corrected chi connectivity index (χ2v) is 6.43. The highest BCUT2D eigenvalue weighted by atomic mass is 16.6. The molecular formula is C15H22O3. The van der Waals surface area contributed by atoms with Crippen molar-refractivity contribution in [2.24, 2.45) is 23.7 Å². The van der Waals surface area contributed by atoms with Gasteiger partial charge in [-0.15, -0.1) is 0 Å². The smallest absolute Gasteiger partial charge is 0.309 e. The van der Waals surface area contributed by atoms with Crippen LogP contribution in [-0.2, 0) is 9.53 Å². The SMILES string of the molecule is CC1=CC[C@H]2[C@H](C)C(=O)O[C@@H]3[C@H](C)CC[C@@H]1[C@]32O. The van der Waals surface area contributed by atoms with Gasteiger partial charge in [-0.1, -0.05) is 25.5 Å². The minimum Gasteiger partial charge on any atom is -0.459 e. The van der Waals surface area contributed by atoms with Gasteiger partial charge in [-0.05, 0) is 32.1 Å². The van der Waals surface area contributed by atoms with Crippen LogP contribution in [0, 0.1) is 23.7 Å². The molecule has 100 valence electrons. The third kappa shape index (κ3) is 1.37. The van der Waals surface area contributed by atoms with Gasteiger partial charge in [0.15, 0.2) is 0 Å². The maximum Gasteiger partial charge on any atom is 0.309 e. The van der Waals surface area contributed by atoms with Gasteiger partial charge < -0.3 is 9.84 Å². The highest BCUT2D eigenvalue weighted by Gasteiger charge is 2.62. The van der Waals surface area contributed by atoms with E-state index in [2.05, 4.69) is 19.9 Å². The van der Waals surface area contributed by atoms with Crippen molar-refractivity contribution in [2.45, 2.75) is 51.7 Å². The van der Waals surface area contributed by atoms with Crippen LogP contribution in [0.25, 0.3) is 0 Å². The first-order valence-corrected chi connectivity index (χ1v) is 7.05. The van der Waals surface area contributed by atoms with Crippen LogP contribution in [-0.4, -0.2) is 22.8 Å². The summed E-state index contributed by atoms with van der Waals surface area (Å²) in [6.45, 7) is 6.09. The molecule has 0 radical (unpaired) electrons. The molecule has 0 bridgehead atoms. The average Bonchev–Trinajstić information content (AvgIpc) is 2.31. The van der Waals surface area contributed by atoms with Crippen LogP contribution < -0.4 is 0 Å². The van der Waals surface area contributed by atoms with Gasteiger partial charge in [-0.3, -0.25) is 4.79 Å². The summed E-state index contributed by atoms with van der Waals surface area (Å²) in [5.41, 5.74) is 0.444. The molecule has 6 atom stereocenters. The zero-order valence-electron chi connectivity index (χ0n) is 11.3. The summed E-state index contributed by atoms with van der Waals surface area (Å²) < 4.78 is 5.59. The van der Waals surface area contributed by atoms with Gasteiger partial charge in [-0.2, -0.15) is 0 Å².